The van der Waals surface area contributed by atoms with Crippen LogP contribution in [0.3, 0.4) is 0 Å². The van der Waals surface area contributed by atoms with Crippen LogP contribution in [0.25, 0.3) is 21.2 Å². The van der Waals surface area contributed by atoms with E-state index >= 15 is 0 Å². The fraction of sp³-hybridized carbons (Fsp3) is 0.148. The minimum atomic E-state index is -0.399. The van der Waals surface area contributed by atoms with Gasteiger partial charge in [0.2, 0.25) is 0 Å². The van der Waals surface area contributed by atoms with Crippen molar-refractivity contribution < 1.29 is 9.53 Å². The average molecular weight is 424 g/mol. The van der Waals surface area contributed by atoms with E-state index in [9.17, 15) is 4.79 Å². The highest BCUT2D eigenvalue weighted by Gasteiger charge is 2.28. The summed E-state index contributed by atoms with van der Waals surface area (Å²) in [5.74, 6) is 6.44. The number of amides is 1. The zero-order chi connectivity index (χ0) is 21.0. The van der Waals surface area contributed by atoms with Crippen LogP contribution in [0.5, 0.6) is 0 Å². The molecule has 5 rings (SSSR count). The summed E-state index contributed by atoms with van der Waals surface area (Å²) < 4.78 is 6.76. The van der Waals surface area contributed by atoms with Gasteiger partial charge >= 0.3 is 6.09 Å². The standard InChI is InChI=1S/C27H21NO2S/c29-27(28-16-6-5-8-19-9-7-10-20-15-17-31-26(19)20)30-18-25-23-13-3-1-11-21(23)22-12-2-4-14-24(22)25/h1-4,7,9-15,17,25H,6,16,18H2,(H,28,29). The Labute approximate surface area is 185 Å². The van der Waals surface area contributed by atoms with E-state index in [1.807, 2.05) is 36.4 Å². The number of nitrogens with one attached hydrogen (secondary N) is 1. The second-order valence-electron chi connectivity index (χ2n) is 7.45. The van der Waals surface area contributed by atoms with Gasteiger partial charge in [-0.2, -0.15) is 0 Å². The van der Waals surface area contributed by atoms with Crippen molar-refractivity contribution in [3.05, 3.63) is 94.9 Å². The molecule has 3 aromatic carbocycles. The van der Waals surface area contributed by atoms with Crippen molar-refractivity contribution in [2.24, 2.45) is 0 Å². The Balaban J connectivity index is 1.15. The maximum atomic E-state index is 12.2. The van der Waals surface area contributed by atoms with Crippen molar-refractivity contribution in [3.63, 3.8) is 0 Å². The molecule has 152 valence electrons. The number of hydrogen-bond acceptors (Lipinski definition) is 3. The minimum absolute atomic E-state index is 0.0734. The molecule has 0 unspecified atom stereocenters. The molecule has 0 radical (unpaired) electrons. The Hall–Kier alpha value is -3.55. The van der Waals surface area contributed by atoms with Gasteiger partial charge in [-0.3, -0.25) is 0 Å². The van der Waals surface area contributed by atoms with Gasteiger partial charge in [0.05, 0.1) is 0 Å². The topological polar surface area (TPSA) is 38.3 Å². The van der Waals surface area contributed by atoms with Crippen LogP contribution in [0.4, 0.5) is 4.79 Å². The second kappa shape index (κ2) is 8.67. The Kier molecular flexibility index (Phi) is 5.43. The van der Waals surface area contributed by atoms with Gasteiger partial charge in [-0.05, 0) is 45.2 Å². The summed E-state index contributed by atoms with van der Waals surface area (Å²) in [5.41, 5.74) is 5.91. The van der Waals surface area contributed by atoms with Gasteiger partial charge in [0.15, 0.2) is 0 Å². The molecule has 1 amide bonds. The molecule has 0 bridgehead atoms. The maximum Gasteiger partial charge on any atom is 0.407 e. The summed E-state index contributed by atoms with van der Waals surface area (Å²) in [5, 5.41) is 6.11. The van der Waals surface area contributed by atoms with Crippen LogP contribution in [0, 0.1) is 11.8 Å². The normalized spacial score (nSPS) is 12.0. The van der Waals surface area contributed by atoms with Crippen molar-refractivity contribution in [1.29, 1.82) is 0 Å². The SMILES string of the molecule is O=C(NCCC#Cc1cccc2ccsc12)OCC1c2ccccc2-c2ccccc21. The molecule has 1 heterocycles. The summed E-state index contributed by atoms with van der Waals surface area (Å²) in [4.78, 5) is 12.2. The number of benzene rings is 3. The highest BCUT2D eigenvalue weighted by Crippen LogP contribution is 2.44. The molecular weight excluding hydrogens is 402 g/mol. The van der Waals surface area contributed by atoms with E-state index in [0.717, 1.165) is 5.56 Å². The highest BCUT2D eigenvalue weighted by atomic mass is 32.1. The van der Waals surface area contributed by atoms with Crippen LogP contribution in [0.15, 0.2) is 78.2 Å². The van der Waals surface area contributed by atoms with E-state index in [1.54, 1.807) is 11.3 Å². The molecule has 1 aliphatic rings. The van der Waals surface area contributed by atoms with E-state index in [0.29, 0.717) is 19.6 Å². The van der Waals surface area contributed by atoms with Crippen molar-refractivity contribution in [2.45, 2.75) is 12.3 Å². The van der Waals surface area contributed by atoms with Crippen LogP contribution in [0.2, 0.25) is 0 Å². The molecule has 4 aromatic rings. The Morgan fingerprint density at radius 1 is 0.935 bits per heavy atom. The predicted octanol–water partition coefficient (Wildman–Crippen LogP) is 6.18. The Bertz CT molecular complexity index is 1270. The third-order valence-corrected chi connectivity index (χ3v) is 6.53. The number of rotatable bonds is 4. The fourth-order valence-electron chi connectivity index (χ4n) is 4.13. The molecule has 0 fully saturated rings. The van der Waals surface area contributed by atoms with Gasteiger partial charge in [0.25, 0.3) is 0 Å². The van der Waals surface area contributed by atoms with E-state index in [2.05, 4.69) is 58.9 Å². The third-order valence-electron chi connectivity index (χ3n) is 5.57. The van der Waals surface area contributed by atoms with Gasteiger partial charge < -0.3 is 10.1 Å². The first kappa shape index (κ1) is 19.4. The van der Waals surface area contributed by atoms with Crippen LogP contribution in [-0.2, 0) is 4.74 Å². The van der Waals surface area contributed by atoms with Gasteiger partial charge in [0.1, 0.15) is 6.61 Å². The number of thiophene rings is 1. The molecule has 1 N–H and O–H groups in total. The molecule has 0 aliphatic heterocycles. The zero-order valence-corrected chi connectivity index (χ0v) is 17.7. The minimum Gasteiger partial charge on any atom is -0.449 e. The maximum absolute atomic E-state index is 12.2. The lowest BCUT2D eigenvalue weighted by molar-refractivity contribution is 0.143. The fourth-order valence-corrected chi connectivity index (χ4v) is 4.99. The van der Waals surface area contributed by atoms with Crippen LogP contribution in [-0.4, -0.2) is 19.2 Å². The largest absolute Gasteiger partial charge is 0.449 e. The van der Waals surface area contributed by atoms with Crippen LogP contribution < -0.4 is 5.32 Å². The van der Waals surface area contributed by atoms with Gasteiger partial charge in [-0.15, -0.1) is 11.3 Å². The first-order valence-corrected chi connectivity index (χ1v) is 11.2. The number of carbonyl (C=O) groups is 1. The molecular formula is C27H21NO2S. The number of hydrogen-bond donors (Lipinski definition) is 1. The summed E-state index contributed by atoms with van der Waals surface area (Å²) in [7, 11) is 0. The molecule has 0 spiro atoms. The average Bonchev–Trinajstić information content (AvgIpc) is 3.41. The number of alkyl carbamates (subject to hydrolysis) is 1. The number of carbonyl (C=O) groups excluding carboxylic acids is 1. The van der Waals surface area contributed by atoms with Crippen molar-refractivity contribution in [1.82, 2.24) is 5.32 Å². The zero-order valence-electron chi connectivity index (χ0n) is 16.9. The Morgan fingerprint density at radius 2 is 1.68 bits per heavy atom. The number of fused-ring (bicyclic) bond motifs is 4. The monoisotopic (exact) mass is 423 g/mol. The summed E-state index contributed by atoms with van der Waals surface area (Å²) in [6, 6.07) is 24.9. The quantitative estimate of drug-likeness (QED) is 0.314. The van der Waals surface area contributed by atoms with E-state index in [1.165, 1.54) is 32.3 Å². The lowest BCUT2D eigenvalue weighted by atomic mass is 9.98. The first-order valence-electron chi connectivity index (χ1n) is 10.4. The summed E-state index contributed by atoms with van der Waals surface area (Å²) in [6.07, 6.45) is 0.176. The van der Waals surface area contributed by atoms with Crippen molar-refractivity contribution in [2.75, 3.05) is 13.2 Å². The molecule has 31 heavy (non-hydrogen) atoms. The smallest absolute Gasteiger partial charge is 0.407 e. The predicted molar refractivity (Wildman–Crippen MR) is 126 cm³/mol. The molecule has 0 saturated heterocycles. The van der Waals surface area contributed by atoms with E-state index in [4.69, 9.17) is 4.74 Å². The van der Waals surface area contributed by atoms with Crippen LogP contribution in [0.1, 0.15) is 29.0 Å². The molecule has 3 nitrogen and oxygen atoms in total. The number of ether oxygens (including phenoxy) is 1. The highest BCUT2D eigenvalue weighted by molar-refractivity contribution is 7.17. The van der Waals surface area contributed by atoms with Crippen molar-refractivity contribution in [3.8, 4) is 23.0 Å². The Morgan fingerprint density at radius 3 is 2.45 bits per heavy atom. The van der Waals surface area contributed by atoms with Gasteiger partial charge in [-0.1, -0.05) is 72.5 Å². The van der Waals surface area contributed by atoms with Gasteiger partial charge in [0, 0.05) is 29.1 Å². The van der Waals surface area contributed by atoms with E-state index in [-0.39, 0.29) is 5.92 Å². The molecule has 1 aliphatic carbocycles. The molecule has 0 atom stereocenters. The summed E-state index contributed by atoms with van der Waals surface area (Å²) >= 11 is 1.70. The lowest BCUT2D eigenvalue weighted by Crippen LogP contribution is -2.26. The van der Waals surface area contributed by atoms with Crippen LogP contribution >= 0.6 is 11.3 Å². The van der Waals surface area contributed by atoms with E-state index < -0.39 is 6.09 Å². The third kappa shape index (κ3) is 3.93. The lowest BCUT2D eigenvalue weighted by Gasteiger charge is -2.14. The molecule has 1 aromatic heterocycles. The second-order valence-corrected chi connectivity index (χ2v) is 8.36. The molecule has 4 heteroatoms. The first-order chi connectivity index (χ1) is 15.3. The summed E-state index contributed by atoms with van der Waals surface area (Å²) in [6.45, 7) is 0.788. The van der Waals surface area contributed by atoms with Gasteiger partial charge in [-0.25, -0.2) is 4.79 Å². The van der Waals surface area contributed by atoms with Crippen molar-refractivity contribution >= 4 is 27.5 Å². The molecule has 0 saturated carbocycles.